The first-order valence-electron chi connectivity index (χ1n) is 7.90. The van der Waals surface area contributed by atoms with E-state index in [1.807, 2.05) is 13.8 Å². The highest BCUT2D eigenvalue weighted by Crippen LogP contribution is 2.22. The molecule has 0 unspecified atom stereocenters. The SMILES string of the molecule is CC[C@@H](C)NC(=O)COC(=O)[C@H](C)N=C1NS(=O)(=O)c2ccccc21. The summed E-state index contributed by atoms with van der Waals surface area (Å²) < 4.78 is 31.2. The Hall–Kier alpha value is -2.42. The molecule has 1 aromatic carbocycles. The van der Waals surface area contributed by atoms with E-state index in [1.165, 1.54) is 13.0 Å². The minimum atomic E-state index is -3.67. The molecule has 2 atom stereocenters. The van der Waals surface area contributed by atoms with Crippen molar-refractivity contribution in [2.75, 3.05) is 6.61 Å². The number of rotatable bonds is 6. The fourth-order valence-electron chi connectivity index (χ4n) is 2.15. The first-order valence-corrected chi connectivity index (χ1v) is 9.39. The molecule has 2 rings (SSSR count). The van der Waals surface area contributed by atoms with Gasteiger partial charge in [-0.15, -0.1) is 0 Å². The quantitative estimate of drug-likeness (QED) is 0.714. The average molecular weight is 367 g/mol. The minimum Gasteiger partial charge on any atom is -0.454 e. The maximum Gasteiger partial charge on any atom is 0.331 e. The summed E-state index contributed by atoms with van der Waals surface area (Å²) in [6, 6.07) is 5.38. The lowest BCUT2D eigenvalue weighted by Gasteiger charge is -2.12. The lowest BCUT2D eigenvalue weighted by molar-refractivity contribution is -0.149. The van der Waals surface area contributed by atoms with Gasteiger partial charge < -0.3 is 10.1 Å². The fraction of sp³-hybridized carbons (Fsp3) is 0.438. The molecular weight excluding hydrogens is 346 g/mol. The third kappa shape index (κ3) is 4.56. The van der Waals surface area contributed by atoms with Crippen molar-refractivity contribution in [3.05, 3.63) is 29.8 Å². The summed E-state index contributed by atoms with van der Waals surface area (Å²) >= 11 is 0. The Bertz CT molecular complexity index is 804. The zero-order valence-electron chi connectivity index (χ0n) is 14.3. The van der Waals surface area contributed by atoms with Crippen molar-refractivity contribution in [2.24, 2.45) is 4.99 Å². The molecule has 0 radical (unpaired) electrons. The summed E-state index contributed by atoms with van der Waals surface area (Å²) in [5, 5.41) is 2.68. The summed E-state index contributed by atoms with van der Waals surface area (Å²) in [5.41, 5.74) is 0.400. The number of ether oxygens (including phenoxy) is 1. The number of sulfonamides is 1. The molecule has 0 saturated heterocycles. The molecule has 1 heterocycles. The number of amidine groups is 1. The Kier molecular flexibility index (Phi) is 5.78. The predicted molar refractivity (Wildman–Crippen MR) is 91.6 cm³/mol. The molecule has 1 aliphatic heterocycles. The van der Waals surface area contributed by atoms with E-state index in [2.05, 4.69) is 15.0 Å². The van der Waals surface area contributed by atoms with Gasteiger partial charge in [0.2, 0.25) is 0 Å². The number of carbonyl (C=O) groups excluding carboxylic acids is 2. The number of amides is 1. The number of hydrogen-bond donors (Lipinski definition) is 2. The fourth-order valence-corrected chi connectivity index (χ4v) is 3.39. The Morgan fingerprint density at radius 3 is 2.64 bits per heavy atom. The number of nitrogens with zero attached hydrogens (tertiary/aromatic N) is 1. The minimum absolute atomic E-state index is 0.00624. The Morgan fingerprint density at radius 2 is 1.96 bits per heavy atom. The molecule has 0 saturated carbocycles. The molecule has 0 aliphatic carbocycles. The van der Waals surface area contributed by atoms with Crippen molar-refractivity contribution >= 4 is 27.7 Å². The number of hydrogen-bond acceptors (Lipinski definition) is 6. The molecule has 0 fully saturated rings. The first-order chi connectivity index (χ1) is 11.7. The van der Waals surface area contributed by atoms with Crippen LogP contribution in [0.3, 0.4) is 0 Å². The van der Waals surface area contributed by atoms with Crippen molar-refractivity contribution in [1.82, 2.24) is 10.0 Å². The van der Waals surface area contributed by atoms with Crippen molar-refractivity contribution in [3.8, 4) is 0 Å². The zero-order valence-corrected chi connectivity index (χ0v) is 15.1. The predicted octanol–water partition coefficient (Wildman–Crippen LogP) is 0.571. The molecule has 136 valence electrons. The van der Waals surface area contributed by atoms with Crippen molar-refractivity contribution < 1.29 is 22.7 Å². The van der Waals surface area contributed by atoms with Gasteiger partial charge in [-0.1, -0.05) is 19.1 Å². The largest absolute Gasteiger partial charge is 0.454 e. The van der Waals surface area contributed by atoms with E-state index < -0.39 is 34.5 Å². The summed E-state index contributed by atoms with van der Waals surface area (Å²) in [5.74, 6) is -1.02. The second kappa shape index (κ2) is 7.64. The van der Waals surface area contributed by atoms with Crippen molar-refractivity contribution in [3.63, 3.8) is 0 Å². The lowest BCUT2D eigenvalue weighted by Crippen LogP contribution is -2.36. The maximum absolute atomic E-state index is 12.0. The van der Waals surface area contributed by atoms with Crippen LogP contribution in [0.25, 0.3) is 0 Å². The second-order valence-electron chi connectivity index (χ2n) is 5.74. The normalized spacial score (nSPS) is 18.8. The van der Waals surface area contributed by atoms with Gasteiger partial charge in [0.25, 0.3) is 15.9 Å². The molecule has 1 amide bonds. The van der Waals surface area contributed by atoms with E-state index in [0.29, 0.717) is 5.56 Å². The summed E-state index contributed by atoms with van der Waals surface area (Å²) in [6.45, 7) is 4.84. The van der Waals surface area contributed by atoms with Crippen molar-refractivity contribution in [1.29, 1.82) is 0 Å². The highest BCUT2D eigenvalue weighted by molar-refractivity contribution is 7.90. The van der Waals surface area contributed by atoms with Gasteiger partial charge in [0.05, 0.1) is 4.90 Å². The van der Waals surface area contributed by atoms with Crippen LogP contribution < -0.4 is 10.0 Å². The van der Waals surface area contributed by atoms with Crippen LogP contribution in [0.5, 0.6) is 0 Å². The van der Waals surface area contributed by atoms with Gasteiger partial charge in [0.1, 0.15) is 11.9 Å². The molecule has 1 aliphatic rings. The lowest BCUT2D eigenvalue weighted by atomic mass is 10.2. The summed E-state index contributed by atoms with van der Waals surface area (Å²) in [4.78, 5) is 27.8. The number of carbonyl (C=O) groups is 2. The molecule has 25 heavy (non-hydrogen) atoms. The third-order valence-corrected chi connectivity index (χ3v) is 5.09. The Balaban J connectivity index is 2.02. The van der Waals surface area contributed by atoms with Gasteiger partial charge in [-0.25, -0.2) is 13.2 Å². The van der Waals surface area contributed by atoms with Crippen LogP contribution in [0, 0.1) is 0 Å². The van der Waals surface area contributed by atoms with Gasteiger partial charge in [-0.2, -0.15) is 0 Å². The molecule has 0 bridgehead atoms. The first kappa shape index (κ1) is 18.9. The number of esters is 1. The molecule has 0 aromatic heterocycles. The van der Waals surface area contributed by atoms with Crippen LogP contribution in [-0.4, -0.2) is 44.8 Å². The van der Waals surface area contributed by atoms with Crippen LogP contribution in [-0.2, 0) is 24.3 Å². The van der Waals surface area contributed by atoms with Crippen LogP contribution >= 0.6 is 0 Å². The maximum atomic E-state index is 12.0. The summed E-state index contributed by atoms with van der Waals surface area (Å²) in [6.07, 6.45) is 0.767. The molecule has 1 aromatic rings. The van der Waals surface area contributed by atoms with E-state index >= 15 is 0 Å². The van der Waals surface area contributed by atoms with Gasteiger partial charge in [-0.05, 0) is 32.4 Å². The van der Waals surface area contributed by atoms with Crippen LogP contribution in [0.4, 0.5) is 0 Å². The number of benzene rings is 1. The Morgan fingerprint density at radius 1 is 1.28 bits per heavy atom. The van der Waals surface area contributed by atoms with E-state index in [4.69, 9.17) is 4.74 Å². The van der Waals surface area contributed by atoms with Gasteiger partial charge in [-0.3, -0.25) is 14.5 Å². The standard InChI is InChI=1S/C16H21N3O5S/c1-4-10(2)17-14(20)9-24-16(21)11(3)18-15-12-7-5-6-8-13(12)25(22,23)19-15/h5-8,10-11H,4,9H2,1-3H3,(H,17,20)(H,18,19)/t10-,11+/m1/s1. The number of fused-ring (bicyclic) bond motifs is 1. The Labute approximate surface area is 146 Å². The van der Waals surface area contributed by atoms with Crippen LogP contribution in [0.1, 0.15) is 32.8 Å². The number of aliphatic imine (C=N–C) groups is 1. The summed E-state index contributed by atoms with van der Waals surface area (Å²) in [7, 11) is -3.67. The van der Waals surface area contributed by atoms with E-state index in [0.717, 1.165) is 6.42 Å². The van der Waals surface area contributed by atoms with E-state index in [-0.39, 0.29) is 16.8 Å². The highest BCUT2D eigenvalue weighted by atomic mass is 32.2. The molecule has 0 spiro atoms. The number of nitrogens with one attached hydrogen (secondary N) is 2. The van der Waals surface area contributed by atoms with Gasteiger partial charge >= 0.3 is 5.97 Å². The van der Waals surface area contributed by atoms with Crippen LogP contribution in [0.2, 0.25) is 0 Å². The van der Waals surface area contributed by atoms with Crippen molar-refractivity contribution in [2.45, 2.75) is 44.2 Å². The molecular formula is C16H21N3O5S. The second-order valence-corrected chi connectivity index (χ2v) is 7.39. The van der Waals surface area contributed by atoms with Gasteiger partial charge in [0, 0.05) is 11.6 Å². The molecule has 9 heteroatoms. The van der Waals surface area contributed by atoms with Crippen LogP contribution in [0.15, 0.2) is 34.2 Å². The van der Waals surface area contributed by atoms with E-state index in [1.54, 1.807) is 18.2 Å². The zero-order chi connectivity index (χ0) is 18.6. The smallest absolute Gasteiger partial charge is 0.331 e. The third-order valence-electron chi connectivity index (χ3n) is 3.69. The molecule has 8 nitrogen and oxygen atoms in total. The topological polar surface area (TPSA) is 114 Å². The molecule has 2 N–H and O–H groups in total. The monoisotopic (exact) mass is 367 g/mol. The highest BCUT2D eigenvalue weighted by Gasteiger charge is 2.31. The van der Waals surface area contributed by atoms with E-state index in [9.17, 15) is 18.0 Å². The van der Waals surface area contributed by atoms with Gasteiger partial charge in [0.15, 0.2) is 6.61 Å². The average Bonchev–Trinajstić information content (AvgIpc) is 2.83.